The number of carbonyl (C=O) groups is 3. The molecule has 0 aromatic carbocycles. The van der Waals surface area contributed by atoms with Crippen LogP contribution >= 0.6 is 0 Å². The van der Waals surface area contributed by atoms with Crippen molar-refractivity contribution in [1.82, 2.24) is 0 Å². The number of hydrogen-bond acceptors (Lipinski definition) is 6. The lowest BCUT2D eigenvalue weighted by Gasteiger charge is -2.18. The zero-order valence-corrected chi connectivity index (χ0v) is 52.6. The van der Waals surface area contributed by atoms with Gasteiger partial charge in [0.2, 0.25) is 0 Å². The first-order chi connectivity index (χ1) is 39.0. The van der Waals surface area contributed by atoms with E-state index in [0.29, 0.717) is 19.3 Å². The van der Waals surface area contributed by atoms with Crippen molar-refractivity contribution >= 4 is 17.9 Å². The van der Waals surface area contributed by atoms with Gasteiger partial charge in [-0.1, -0.05) is 351 Å². The van der Waals surface area contributed by atoms with E-state index in [1.54, 1.807) is 0 Å². The van der Waals surface area contributed by atoms with Gasteiger partial charge >= 0.3 is 17.9 Å². The molecular formula is C73H130O6. The fraction of sp³-hybridized carbons (Fsp3) is 0.795. The maximum absolute atomic E-state index is 12.9. The van der Waals surface area contributed by atoms with E-state index >= 15 is 0 Å². The largest absolute Gasteiger partial charge is 0.462 e. The zero-order chi connectivity index (χ0) is 57.1. The Hall–Kier alpha value is -3.15. The summed E-state index contributed by atoms with van der Waals surface area (Å²) in [7, 11) is 0. The molecule has 6 nitrogen and oxygen atoms in total. The van der Waals surface area contributed by atoms with Gasteiger partial charge in [-0.3, -0.25) is 14.4 Å². The minimum absolute atomic E-state index is 0.0937. The SMILES string of the molecule is CC/C=C\C/C=C\C/C=C\C/C=C\C/C=C\C/C=C\CCC(=O)OCC(COC(=O)CCCCCCCCCCCCCCCCCCCCCCC)OC(=O)CCCCCCCCCCCCCCCCCCCCCCC. The molecule has 1 unspecified atom stereocenters. The highest BCUT2D eigenvalue weighted by Gasteiger charge is 2.19. The average molecular weight is 1100 g/mol. The minimum Gasteiger partial charge on any atom is -0.462 e. The van der Waals surface area contributed by atoms with Crippen LogP contribution in [0.1, 0.15) is 355 Å². The lowest BCUT2D eigenvalue weighted by Crippen LogP contribution is -2.30. The molecule has 0 saturated carbocycles. The molecule has 0 aromatic heterocycles. The third-order valence-electron chi connectivity index (χ3n) is 15.2. The van der Waals surface area contributed by atoms with Crippen molar-refractivity contribution in [2.75, 3.05) is 13.2 Å². The average Bonchev–Trinajstić information content (AvgIpc) is 3.45. The summed E-state index contributed by atoms with van der Waals surface area (Å²) >= 11 is 0. The second-order valence-corrected chi connectivity index (χ2v) is 23.1. The quantitative estimate of drug-likeness (QED) is 0.0261. The van der Waals surface area contributed by atoms with Gasteiger partial charge in [0, 0.05) is 19.3 Å². The van der Waals surface area contributed by atoms with E-state index in [1.807, 2.05) is 6.08 Å². The molecule has 0 aliphatic heterocycles. The summed E-state index contributed by atoms with van der Waals surface area (Å²) in [5.41, 5.74) is 0. The third-order valence-corrected chi connectivity index (χ3v) is 15.2. The Labute approximate surface area is 491 Å². The summed E-state index contributed by atoms with van der Waals surface area (Å²) in [6.45, 7) is 6.53. The van der Waals surface area contributed by atoms with Crippen LogP contribution in [0.2, 0.25) is 0 Å². The Bertz CT molecular complexity index is 1450. The number of carbonyl (C=O) groups excluding carboxylic acids is 3. The molecule has 0 rings (SSSR count). The predicted octanol–water partition coefficient (Wildman–Crippen LogP) is 23.7. The fourth-order valence-corrected chi connectivity index (χ4v) is 10.1. The van der Waals surface area contributed by atoms with Crippen LogP contribution in [0.15, 0.2) is 72.9 Å². The van der Waals surface area contributed by atoms with Gasteiger partial charge in [-0.05, 0) is 57.8 Å². The molecule has 0 aliphatic rings. The number of ether oxygens (including phenoxy) is 3. The molecule has 0 bridgehead atoms. The second-order valence-electron chi connectivity index (χ2n) is 23.1. The van der Waals surface area contributed by atoms with Crippen molar-refractivity contribution in [2.45, 2.75) is 361 Å². The van der Waals surface area contributed by atoms with Crippen LogP contribution in [0.3, 0.4) is 0 Å². The molecule has 0 aromatic rings. The molecule has 1 atom stereocenters. The van der Waals surface area contributed by atoms with Crippen molar-refractivity contribution in [3.05, 3.63) is 72.9 Å². The van der Waals surface area contributed by atoms with Crippen molar-refractivity contribution in [3.63, 3.8) is 0 Å². The summed E-state index contributed by atoms with van der Waals surface area (Å²) in [6, 6.07) is 0. The molecule has 0 amide bonds. The molecule has 0 saturated heterocycles. The highest BCUT2D eigenvalue weighted by molar-refractivity contribution is 5.71. The van der Waals surface area contributed by atoms with Crippen LogP contribution in [0.5, 0.6) is 0 Å². The third kappa shape index (κ3) is 65.5. The van der Waals surface area contributed by atoms with Gasteiger partial charge < -0.3 is 14.2 Å². The molecule has 0 heterocycles. The van der Waals surface area contributed by atoms with Gasteiger partial charge in [0.05, 0.1) is 0 Å². The van der Waals surface area contributed by atoms with Crippen molar-refractivity contribution < 1.29 is 28.6 Å². The van der Waals surface area contributed by atoms with Gasteiger partial charge in [-0.15, -0.1) is 0 Å². The van der Waals surface area contributed by atoms with Gasteiger partial charge in [-0.2, -0.15) is 0 Å². The molecule has 0 aliphatic carbocycles. The molecule has 79 heavy (non-hydrogen) atoms. The highest BCUT2D eigenvalue weighted by Crippen LogP contribution is 2.18. The second kappa shape index (κ2) is 67.4. The van der Waals surface area contributed by atoms with Crippen LogP contribution in [0.4, 0.5) is 0 Å². The van der Waals surface area contributed by atoms with Crippen LogP contribution in [-0.2, 0) is 28.6 Å². The Morgan fingerprint density at radius 3 is 0.772 bits per heavy atom. The zero-order valence-electron chi connectivity index (χ0n) is 52.6. The Morgan fingerprint density at radius 1 is 0.266 bits per heavy atom. The van der Waals surface area contributed by atoms with E-state index < -0.39 is 6.10 Å². The predicted molar refractivity (Wildman–Crippen MR) is 344 cm³/mol. The van der Waals surface area contributed by atoms with E-state index in [4.69, 9.17) is 14.2 Å². The summed E-state index contributed by atoms with van der Waals surface area (Å²) in [5, 5.41) is 0. The van der Waals surface area contributed by atoms with Gasteiger partial charge in [0.15, 0.2) is 6.10 Å². The van der Waals surface area contributed by atoms with Crippen molar-refractivity contribution in [1.29, 1.82) is 0 Å². The normalized spacial score (nSPS) is 12.5. The van der Waals surface area contributed by atoms with E-state index in [1.165, 1.54) is 231 Å². The number of allylic oxidation sites excluding steroid dienone is 12. The topological polar surface area (TPSA) is 78.9 Å². The number of unbranched alkanes of at least 4 members (excludes halogenated alkanes) is 40. The summed E-state index contributed by atoms with van der Waals surface area (Å²) in [6.07, 6.45) is 87.9. The lowest BCUT2D eigenvalue weighted by molar-refractivity contribution is -0.166. The Morgan fingerprint density at radius 2 is 0.494 bits per heavy atom. The molecule has 0 radical (unpaired) electrons. The van der Waals surface area contributed by atoms with E-state index in [9.17, 15) is 14.4 Å². The van der Waals surface area contributed by atoms with Crippen LogP contribution in [0, 0.1) is 0 Å². The van der Waals surface area contributed by atoms with Crippen molar-refractivity contribution in [3.8, 4) is 0 Å². The Kier molecular flexibility index (Phi) is 64.7. The molecule has 6 heteroatoms. The standard InChI is InChI=1S/C73H130O6/c1-4-7-10-13-16-19-22-25-28-31-34-36-39-42-45-48-51-54-57-60-63-66-72(75)78-69-70(68-77-71(74)65-62-59-56-53-50-47-44-41-38-33-30-27-24-21-18-15-12-9-6-3)79-73(76)67-64-61-58-55-52-49-46-43-40-37-35-32-29-26-23-20-17-14-11-8-5-2/h9,12,18,21,27,30,38,41,47,50,56,59,70H,4-8,10-11,13-17,19-20,22-26,28-29,31-37,39-40,42-46,48-49,51-55,57-58,60-69H2,1-3H3/b12-9-,21-18-,30-27-,41-38-,50-47-,59-56-. The van der Waals surface area contributed by atoms with Gasteiger partial charge in [0.25, 0.3) is 0 Å². The molecule has 0 spiro atoms. The summed E-state index contributed by atoms with van der Waals surface area (Å²) in [5.74, 6) is -0.958. The maximum atomic E-state index is 12.9. The lowest BCUT2D eigenvalue weighted by atomic mass is 10.0. The molecule has 458 valence electrons. The van der Waals surface area contributed by atoms with E-state index in [-0.39, 0.29) is 37.5 Å². The van der Waals surface area contributed by atoms with E-state index in [2.05, 4.69) is 87.6 Å². The van der Waals surface area contributed by atoms with Crippen molar-refractivity contribution in [2.24, 2.45) is 0 Å². The Balaban J connectivity index is 4.41. The summed E-state index contributed by atoms with van der Waals surface area (Å²) < 4.78 is 16.9. The van der Waals surface area contributed by atoms with E-state index in [0.717, 1.165) is 77.0 Å². The summed E-state index contributed by atoms with van der Waals surface area (Å²) in [4.78, 5) is 38.4. The number of rotatable bonds is 63. The number of esters is 3. The van der Waals surface area contributed by atoms with Crippen LogP contribution in [0.25, 0.3) is 0 Å². The molecule has 0 N–H and O–H groups in total. The first-order valence-corrected chi connectivity index (χ1v) is 34.4. The van der Waals surface area contributed by atoms with Gasteiger partial charge in [-0.25, -0.2) is 0 Å². The number of hydrogen-bond donors (Lipinski definition) is 0. The molecular weight excluding hydrogens is 973 g/mol. The minimum atomic E-state index is -0.805. The first kappa shape index (κ1) is 75.8. The maximum Gasteiger partial charge on any atom is 0.306 e. The van der Waals surface area contributed by atoms with Gasteiger partial charge in [0.1, 0.15) is 13.2 Å². The first-order valence-electron chi connectivity index (χ1n) is 34.4. The fourth-order valence-electron chi connectivity index (χ4n) is 10.1. The van der Waals surface area contributed by atoms with Crippen LogP contribution in [-0.4, -0.2) is 37.2 Å². The molecule has 0 fully saturated rings. The smallest absolute Gasteiger partial charge is 0.306 e. The monoisotopic (exact) mass is 1100 g/mol. The highest BCUT2D eigenvalue weighted by atomic mass is 16.6. The van der Waals surface area contributed by atoms with Crippen LogP contribution < -0.4 is 0 Å².